The van der Waals surface area contributed by atoms with Crippen LogP contribution in [0.5, 0.6) is 0 Å². The molecule has 4 heteroatoms. The van der Waals surface area contributed by atoms with Crippen molar-refractivity contribution in [2.45, 2.75) is 6.92 Å². The molecule has 0 saturated heterocycles. The lowest BCUT2D eigenvalue weighted by atomic mass is 10.2. The van der Waals surface area contributed by atoms with Crippen LogP contribution in [0.4, 0.5) is 10.2 Å². The van der Waals surface area contributed by atoms with Crippen molar-refractivity contribution in [1.29, 1.82) is 0 Å². The van der Waals surface area contributed by atoms with E-state index in [9.17, 15) is 4.39 Å². The maximum Gasteiger partial charge on any atom is 0.141 e. The zero-order valence-corrected chi connectivity index (χ0v) is 8.18. The van der Waals surface area contributed by atoms with Gasteiger partial charge >= 0.3 is 0 Å². The van der Waals surface area contributed by atoms with E-state index in [1.54, 1.807) is 6.07 Å². The lowest BCUT2D eigenvalue weighted by Crippen LogP contribution is -2.13. The van der Waals surface area contributed by atoms with Crippen LogP contribution >= 0.6 is 11.6 Å². The van der Waals surface area contributed by atoms with Crippen LogP contribution in [-0.4, -0.2) is 17.4 Å². The van der Waals surface area contributed by atoms with Crippen LogP contribution in [0.25, 0.3) is 0 Å². The average molecular weight is 203 g/mol. The quantitative estimate of drug-likeness (QED) is 0.759. The molecule has 1 aromatic heterocycles. The number of alkyl halides is 1. The van der Waals surface area contributed by atoms with E-state index >= 15 is 0 Å². The van der Waals surface area contributed by atoms with Crippen molar-refractivity contribution in [2.75, 3.05) is 17.7 Å². The van der Waals surface area contributed by atoms with Crippen LogP contribution in [0.2, 0.25) is 0 Å². The van der Waals surface area contributed by atoms with Gasteiger partial charge in [0.15, 0.2) is 0 Å². The van der Waals surface area contributed by atoms with Gasteiger partial charge in [0.2, 0.25) is 0 Å². The Morgan fingerprint density at radius 3 is 2.92 bits per heavy atom. The van der Waals surface area contributed by atoms with Gasteiger partial charge in [-0.15, -0.1) is 11.6 Å². The number of pyridine rings is 1. The van der Waals surface area contributed by atoms with E-state index in [1.807, 2.05) is 6.92 Å². The highest BCUT2D eigenvalue weighted by Crippen LogP contribution is 2.05. The topological polar surface area (TPSA) is 24.9 Å². The fourth-order valence-corrected chi connectivity index (χ4v) is 0.923. The molecule has 0 aliphatic heterocycles. The van der Waals surface area contributed by atoms with Gasteiger partial charge in [0, 0.05) is 12.4 Å². The summed E-state index contributed by atoms with van der Waals surface area (Å²) in [4.78, 5) is 3.86. The molecule has 0 fully saturated rings. The summed E-state index contributed by atoms with van der Waals surface area (Å²) in [6, 6.07) is 2.98. The second-order valence-corrected chi connectivity index (χ2v) is 3.31. The van der Waals surface area contributed by atoms with Gasteiger partial charge < -0.3 is 5.32 Å². The number of anilines is 1. The number of nitrogens with zero attached hydrogens (tertiary/aromatic N) is 1. The summed E-state index contributed by atoms with van der Waals surface area (Å²) < 4.78 is 12.4. The van der Waals surface area contributed by atoms with Crippen molar-refractivity contribution in [3.63, 3.8) is 0 Å². The molecule has 1 heterocycles. The third kappa shape index (κ3) is 3.59. The molecule has 2 nitrogen and oxygen atoms in total. The van der Waals surface area contributed by atoms with Crippen molar-refractivity contribution in [1.82, 2.24) is 4.98 Å². The normalized spacial score (nSPS) is 12.5. The second-order valence-electron chi connectivity index (χ2n) is 3.00. The summed E-state index contributed by atoms with van der Waals surface area (Å²) in [5.74, 6) is 1.34. The Hall–Kier alpha value is -0.830. The molecular formula is C9H12ClFN2. The Bertz CT molecular complexity index is 250. The molecule has 0 aliphatic carbocycles. The molecule has 0 radical (unpaired) electrons. The molecule has 72 valence electrons. The van der Waals surface area contributed by atoms with E-state index in [0.29, 0.717) is 17.6 Å². The molecule has 0 aliphatic rings. The third-order valence-electron chi connectivity index (χ3n) is 1.62. The molecule has 1 rings (SSSR count). The SMILES string of the molecule is CC(CCl)CNc1ccc(F)cn1. The van der Waals surface area contributed by atoms with Crippen LogP contribution in [-0.2, 0) is 0 Å². The van der Waals surface area contributed by atoms with Crippen molar-refractivity contribution in [3.8, 4) is 0 Å². The summed E-state index contributed by atoms with van der Waals surface area (Å²) in [5, 5.41) is 3.06. The third-order valence-corrected chi connectivity index (χ3v) is 2.15. The zero-order chi connectivity index (χ0) is 9.68. The van der Waals surface area contributed by atoms with E-state index < -0.39 is 0 Å². The molecule has 13 heavy (non-hydrogen) atoms. The Balaban J connectivity index is 2.41. The molecular weight excluding hydrogens is 191 g/mol. The standard InChI is InChI=1S/C9H12ClFN2/c1-7(4-10)5-12-9-3-2-8(11)6-13-9/h2-3,6-7H,4-5H2,1H3,(H,12,13). The predicted molar refractivity (Wildman–Crippen MR) is 52.6 cm³/mol. The summed E-state index contributed by atoms with van der Waals surface area (Å²) >= 11 is 5.62. The van der Waals surface area contributed by atoms with Crippen LogP contribution in [0.1, 0.15) is 6.92 Å². The van der Waals surface area contributed by atoms with Crippen molar-refractivity contribution < 1.29 is 4.39 Å². The Morgan fingerprint density at radius 1 is 1.62 bits per heavy atom. The highest BCUT2D eigenvalue weighted by Gasteiger charge is 1.99. The van der Waals surface area contributed by atoms with Crippen LogP contribution < -0.4 is 5.32 Å². The van der Waals surface area contributed by atoms with E-state index in [-0.39, 0.29) is 5.82 Å². The van der Waals surface area contributed by atoms with Crippen molar-refractivity contribution in [3.05, 3.63) is 24.1 Å². The van der Waals surface area contributed by atoms with Gasteiger partial charge in [-0.1, -0.05) is 6.92 Å². The minimum atomic E-state index is -0.323. The number of rotatable bonds is 4. The molecule has 1 unspecified atom stereocenters. The lowest BCUT2D eigenvalue weighted by Gasteiger charge is -2.09. The number of hydrogen-bond donors (Lipinski definition) is 1. The van der Waals surface area contributed by atoms with Gasteiger partial charge in [-0.3, -0.25) is 0 Å². The number of nitrogens with one attached hydrogen (secondary N) is 1. The first-order valence-corrected chi connectivity index (χ1v) is 4.67. The summed E-state index contributed by atoms with van der Waals surface area (Å²) in [6.45, 7) is 2.78. The first-order chi connectivity index (χ1) is 6.22. The van der Waals surface area contributed by atoms with Crippen LogP contribution in [0.3, 0.4) is 0 Å². The van der Waals surface area contributed by atoms with Gasteiger partial charge in [0.1, 0.15) is 11.6 Å². The average Bonchev–Trinajstić information content (AvgIpc) is 2.16. The lowest BCUT2D eigenvalue weighted by molar-refractivity contribution is 0.621. The van der Waals surface area contributed by atoms with E-state index in [4.69, 9.17) is 11.6 Å². The van der Waals surface area contributed by atoms with Gasteiger partial charge in [-0.2, -0.15) is 0 Å². The van der Waals surface area contributed by atoms with E-state index in [0.717, 1.165) is 6.54 Å². The van der Waals surface area contributed by atoms with E-state index in [1.165, 1.54) is 12.3 Å². The Labute approximate surface area is 82.1 Å². The molecule has 0 aromatic carbocycles. The zero-order valence-electron chi connectivity index (χ0n) is 7.43. The van der Waals surface area contributed by atoms with Crippen LogP contribution in [0, 0.1) is 11.7 Å². The predicted octanol–water partition coefficient (Wildman–Crippen LogP) is 2.51. The van der Waals surface area contributed by atoms with Gasteiger partial charge in [-0.05, 0) is 18.1 Å². The fraction of sp³-hybridized carbons (Fsp3) is 0.444. The summed E-state index contributed by atoms with van der Waals surface area (Å²) in [5.41, 5.74) is 0. The summed E-state index contributed by atoms with van der Waals surface area (Å²) in [7, 11) is 0. The number of halogens is 2. The highest BCUT2D eigenvalue weighted by molar-refractivity contribution is 6.18. The number of hydrogen-bond acceptors (Lipinski definition) is 2. The molecule has 0 bridgehead atoms. The first-order valence-electron chi connectivity index (χ1n) is 4.13. The second kappa shape index (κ2) is 5.02. The molecule has 0 saturated carbocycles. The monoisotopic (exact) mass is 202 g/mol. The van der Waals surface area contributed by atoms with Crippen molar-refractivity contribution >= 4 is 17.4 Å². The summed E-state index contributed by atoms with van der Waals surface area (Å²) in [6.07, 6.45) is 1.19. The van der Waals surface area contributed by atoms with Gasteiger partial charge in [0.05, 0.1) is 6.20 Å². The minimum absolute atomic E-state index is 0.323. The maximum atomic E-state index is 12.4. The van der Waals surface area contributed by atoms with Crippen molar-refractivity contribution in [2.24, 2.45) is 5.92 Å². The molecule has 1 atom stereocenters. The van der Waals surface area contributed by atoms with E-state index in [2.05, 4.69) is 10.3 Å². The largest absolute Gasteiger partial charge is 0.370 e. The Kier molecular flexibility index (Phi) is 3.96. The van der Waals surface area contributed by atoms with Gasteiger partial charge in [0.25, 0.3) is 0 Å². The molecule has 1 aromatic rings. The Morgan fingerprint density at radius 2 is 2.38 bits per heavy atom. The molecule has 0 amide bonds. The smallest absolute Gasteiger partial charge is 0.141 e. The fourth-order valence-electron chi connectivity index (χ4n) is 0.814. The van der Waals surface area contributed by atoms with Gasteiger partial charge in [-0.25, -0.2) is 9.37 Å². The molecule has 0 spiro atoms. The highest BCUT2D eigenvalue weighted by atomic mass is 35.5. The maximum absolute atomic E-state index is 12.4. The number of aromatic nitrogens is 1. The molecule has 1 N–H and O–H groups in total. The minimum Gasteiger partial charge on any atom is -0.370 e. The first kappa shape index (κ1) is 10.3. The van der Waals surface area contributed by atoms with Crippen LogP contribution in [0.15, 0.2) is 18.3 Å².